The maximum absolute atomic E-state index is 10.4. The van der Waals surface area contributed by atoms with Gasteiger partial charge >= 0.3 is 0 Å². The van der Waals surface area contributed by atoms with Crippen LogP contribution in [-0.4, -0.2) is 23.9 Å². The molecule has 5 nitrogen and oxygen atoms in total. The van der Waals surface area contributed by atoms with Crippen molar-refractivity contribution in [2.24, 2.45) is 0 Å². The van der Waals surface area contributed by atoms with Crippen LogP contribution in [0.15, 0.2) is 30.3 Å². The summed E-state index contributed by atoms with van der Waals surface area (Å²) in [5.74, 6) is 0. The molecule has 1 N–H and O–H groups in total. The second kappa shape index (κ2) is 6.55. The first kappa shape index (κ1) is 12.2. The van der Waals surface area contributed by atoms with Gasteiger partial charge in [-0.25, -0.2) is 0 Å². The highest BCUT2D eigenvalue weighted by Crippen LogP contribution is 2.05. The van der Waals surface area contributed by atoms with E-state index >= 15 is 0 Å². The Kier molecular flexibility index (Phi) is 4.98. The molecule has 0 bridgehead atoms. The first-order valence-corrected chi connectivity index (χ1v) is 5.08. The van der Waals surface area contributed by atoms with Crippen LogP contribution in [0.2, 0.25) is 0 Å². The molecule has 0 aliphatic carbocycles. The molecule has 1 unspecified atom stereocenters. The van der Waals surface area contributed by atoms with E-state index in [1.54, 1.807) is 0 Å². The number of nitro groups is 1. The Morgan fingerprint density at radius 1 is 1.38 bits per heavy atom. The SMILES string of the molecule is O=CNC(CC[N+](=O)[O-])Cc1ccccc1. The molecule has 0 radical (unpaired) electrons. The summed E-state index contributed by atoms with van der Waals surface area (Å²) in [5, 5.41) is 12.9. The molecular formula is C11H14N2O3. The number of hydrogen-bond acceptors (Lipinski definition) is 3. The van der Waals surface area contributed by atoms with Crippen molar-refractivity contribution in [2.75, 3.05) is 6.54 Å². The molecule has 1 aromatic carbocycles. The second-order valence-corrected chi connectivity index (χ2v) is 3.52. The fourth-order valence-electron chi connectivity index (χ4n) is 1.50. The zero-order valence-electron chi connectivity index (χ0n) is 8.83. The van der Waals surface area contributed by atoms with Crippen molar-refractivity contribution in [2.45, 2.75) is 18.9 Å². The van der Waals surface area contributed by atoms with Crippen molar-refractivity contribution in [1.82, 2.24) is 5.32 Å². The predicted molar refractivity (Wildman–Crippen MR) is 59.6 cm³/mol. The van der Waals surface area contributed by atoms with Crippen LogP contribution in [0.5, 0.6) is 0 Å². The third kappa shape index (κ3) is 4.54. The lowest BCUT2D eigenvalue weighted by atomic mass is 10.0. The number of carbonyl (C=O) groups is 1. The molecule has 0 aromatic heterocycles. The fraction of sp³-hybridized carbons (Fsp3) is 0.364. The van der Waals surface area contributed by atoms with Gasteiger partial charge < -0.3 is 5.32 Å². The van der Waals surface area contributed by atoms with E-state index in [9.17, 15) is 14.9 Å². The minimum absolute atomic E-state index is 0.127. The number of carbonyl (C=O) groups excluding carboxylic acids is 1. The zero-order chi connectivity index (χ0) is 11.8. The van der Waals surface area contributed by atoms with Gasteiger partial charge in [0, 0.05) is 17.4 Å². The smallest absolute Gasteiger partial charge is 0.207 e. The molecular weight excluding hydrogens is 208 g/mol. The molecule has 1 aromatic rings. The number of nitrogens with zero attached hydrogens (tertiary/aromatic N) is 1. The lowest BCUT2D eigenvalue weighted by Gasteiger charge is -2.13. The van der Waals surface area contributed by atoms with E-state index in [1.165, 1.54) is 0 Å². The monoisotopic (exact) mass is 222 g/mol. The minimum Gasteiger partial charge on any atom is -0.355 e. The summed E-state index contributed by atoms with van der Waals surface area (Å²) in [6.45, 7) is -0.127. The highest BCUT2D eigenvalue weighted by molar-refractivity contribution is 5.46. The number of rotatable bonds is 7. The van der Waals surface area contributed by atoms with Gasteiger partial charge in [-0.2, -0.15) is 0 Å². The first-order chi connectivity index (χ1) is 7.72. The van der Waals surface area contributed by atoms with Crippen molar-refractivity contribution in [1.29, 1.82) is 0 Å². The first-order valence-electron chi connectivity index (χ1n) is 5.08. The molecule has 1 amide bonds. The molecule has 0 aliphatic rings. The summed E-state index contributed by atoms with van der Waals surface area (Å²) in [4.78, 5) is 20.2. The van der Waals surface area contributed by atoms with Gasteiger partial charge in [0.1, 0.15) is 0 Å². The second-order valence-electron chi connectivity index (χ2n) is 3.52. The Hall–Kier alpha value is -1.91. The molecule has 5 heteroatoms. The maximum atomic E-state index is 10.4. The van der Waals surface area contributed by atoms with E-state index in [0.29, 0.717) is 19.3 Å². The zero-order valence-corrected chi connectivity index (χ0v) is 8.83. The lowest BCUT2D eigenvalue weighted by molar-refractivity contribution is -0.480. The standard InChI is InChI=1S/C11H14N2O3/c14-9-12-11(6-7-13(15)16)8-10-4-2-1-3-5-10/h1-5,9,11H,6-8H2,(H,12,14). The van der Waals surface area contributed by atoms with Crippen LogP contribution in [0.25, 0.3) is 0 Å². The van der Waals surface area contributed by atoms with Crippen LogP contribution in [0.4, 0.5) is 0 Å². The molecule has 0 fully saturated rings. The van der Waals surface area contributed by atoms with Crippen molar-refractivity contribution in [3.05, 3.63) is 46.0 Å². The van der Waals surface area contributed by atoms with Gasteiger partial charge in [0.25, 0.3) is 0 Å². The topological polar surface area (TPSA) is 72.2 Å². The summed E-state index contributed by atoms with van der Waals surface area (Å²) < 4.78 is 0. The number of hydrogen-bond donors (Lipinski definition) is 1. The molecule has 1 rings (SSSR count). The van der Waals surface area contributed by atoms with Crippen LogP contribution in [0.3, 0.4) is 0 Å². The summed E-state index contributed by atoms with van der Waals surface area (Å²) in [7, 11) is 0. The predicted octanol–water partition coefficient (Wildman–Crippen LogP) is 1.01. The molecule has 0 heterocycles. The van der Waals surface area contributed by atoms with Gasteiger partial charge in [-0.1, -0.05) is 30.3 Å². The Morgan fingerprint density at radius 2 is 2.06 bits per heavy atom. The van der Waals surface area contributed by atoms with E-state index in [-0.39, 0.29) is 17.5 Å². The van der Waals surface area contributed by atoms with E-state index < -0.39 is 0 Å². The summed E-state index contributed by atoms with van der Waals surface area (Å²) in [6, 6.07) is 9.41. The minimum atomic E-state index is -0.371. The molecule has 0 saturated carbocycles. The van der Waals surface area contributed by atoms with Crippen LogP contribution >= 0.6 is 0 Å². The van der Waals surface area contributed by atoms with Crippen LogP contribution < -0.4 is 5.32 Å². The van der Waals surface area contributed by atoms with E-state index in [2.05, 4.69) is 5.32 Å². The fourth-order valence-corrected chi connectivity index (χ4v) is 1.50. The highest BCUT2D eigenvalue weighted by atomic mass is 16.6. The highest BCUT2D eigenvalue weighted by Gasteiger charge is 2.11. The van der Waals surface area contributed by atoms with E-state index in [0.717, 1.165) is 5.56 Å². The number of nitrogens with one attached hydrogen (secondary N) is 1. The normalized spacial score (nSPS) is 11.8. The van der Waals surface area contributed by atoms with Crippen LogP contribution in [-0.2, 0) is 11.2 Å². The van der Waals surface area contributed by atoms with E-state index in [4.69, 9.17) is 0 Å². The summed E-state index contributed by atoms with van der Waals surface area (Å²) in [6.07, 6.45) is 1.56. The van der Waals surface area contributed by atoms with Crippen molar-refractivity contribution in [3.63, 3.8) is 0 Å². The molecule has 16 heavy (non-hydrogen) atoms. The largest absolute Gasteiger partial charge is 0.355 e. The van der Waals surface area contributed by atoms with Crippen LogP contribution in [0, 0.1) is 10.1 Å². The number of amides is 1. The van der Waals surface area contributed by atoms with Gasteiger partial charge in [-0.05, 0) is 12.0 Å². The molecule has 0 spiro atoms. The Morgan fingerprint density at radius 3 is 2.62 bits per heavy atom. The molecule has 0 aliphatic heterocycles. The Bertz CT molecular complexity index is 340. The van der Waals surface area contributed by atoms with Crippen molar-refractivity contribution in [3.8, 4) is 0 Å². The Labute approximate surface area is 93.6 Å². The maximum Gasteiger partial charge on any atom is 0.207 e. The van der Waals surface area contributed by atoms with Gasteiger partial charge in [0.2, 0.25) is 13.0 Å². The van der Waals surface area contributed by atoms with Crippen molar-refractivity contribution >= 4 is 6.41 Å². The van der Waals surface area contributed by atoms with E-state index in [1.807, 2.05) is 30.3 Å². The van der Waals surface area contributed by atoms with Crippen LogP contribution in [0.1, 0.15) is 12.0 Å². The number of benzene rings is 1. The Balaban J connectivity index is 2.50. The van der Waals surface area contributed by atoms with Gasteiger partial charge in [0.15, 0.2) is 0 Å². The summed E-state index contributed by atoms with van der Waals surface area (Å²) >= 11 is 0. The van der Waals surface area contributed by atoms with Crippen molar-refractivity contribution < 1.29 is 9.72 Å². The average molecular weight is 222 g/mol. The third-order valence-electron chi connectivity index (χ3n) is 2.29. The third-order valence-corrected chi connectivity index (χ3v) is 2.29. The van der Waals surface area contributed by atoms with Gasteiger partial charge in [-0.3, -0.25) is 14.9 Å². The average Bonchev–Trinajstić information content (AvgIpc) is 2.27. The quantitative estimate of drug-likeness (QED) is 0.425. The van der Waals surface area contributed by atoms with Gasteiger partial charge in [0.05, 0.1) is 0 Å². The molecule has 1 atom stereocenters. The van der Waals surface area contributed by atoms with Gasteiger partial charge in [-0.15, -0.1) is 0 Å². The molecule has 0 saturated heterocycles. The summed E-state index contributed by atoms with van der Waals surface area (Å²) in [5.41, 5.74) is 1.06. The lowest BCUT2D eigenvalue weighted by Crippen LogP contribution is -2.31. The molecule has 86 valence electrons.